The van der Waals surface area contributed by atoms with E-state index in [9.17, 15) is 0 Å². The molecule has 1 N–H and O–H groups in total. The standard InChI is InChI=1S/C23H20N2O2/c1-3-7-18(8-4-1)15-26-21-11-20(23-14-24-17-25-23)12-22(13-21)27-16-19-9-5-2-6-10-19/h1-14,17H,15-16H2,(H,24,25). The molecule has 0 radical (unpaired) electrons. The molecule has 0 saturated heterocycles. The largest absolute Gasteiger partial charge is 0.489 e. The molecule has 4 nitrogen and oxygen atoms in total. The van der Waals surface area contributed by atoms with Gasteiger partial charge >= 0.3 is 0 Å². The predicted molar refractivity (Wildman–Crippen MR) is 106 cm³/mol. The maximum Gasteiger partial charge on any atom is 0.124 e. The summed E-state index contributed by atoms with van der Waals surface area (Å²) < 4.78 is 12.0. The molecular formula is C23H20N2O2. The van der Waals surface area contributed by atoms with Crippen molar-refractivity contribution in [3.05, 3.63) is 103 Å². The zero-order chi connectivity index (χ0) is 18.3. The topological polar surface area (TPSA) is 47.1 Å². The highest BCUT2D eigenvalue weighted by Crippen LogP contribution is 2.29. The number of ether oxygens (including phenoxy) is 2. The maximum atomic E-state index is 6.01. The van der Waals surface area contributed by atoms with Gasteiger partial charge in [0.1, 0.15) is 24.7 Å². The van der Waals surface area contributed by atoms with E-state index in [-0.39, 0.29) is 0 Å². The highest BCUT2D eigenvalue weighted by molar-refractivity contribution is 5.63. The smallest absolute Gasteiger partial charge is 0.124 e. The van der Waals surface area contributed by atoms with Crippen molar-refractivity contribution in [2.45, 2.75) is 13.2 Å². The summed E-state index contributed by atoms with van der Waals surface area (Å²) in [5, 5.41) is 0. The average Bonchev–Trinajstić information content (AvgIpc) is 3.27. The Morgan fingerprint density at radius 3 is 1.74 bits per heavy atom. The number of benzene rings is 3. The molecule has 3 aromatic carbocycles. The highest BCUT2D eigenvalue weighted by Gasteiger charge is 2.07. The first kappa shape index (κ1) is 16.9. The molecule has 0 aliphatic carbocycles. The summed E-state index contributed by atoms with van der Waals surface area (Å²) in [5.74, 6) is 1.52. The van der Waals surface area contributed by atoms with Gasteiger partial charge < -0.3 is 14.5 Å². The van der Waals surface area contributed by atoms with Crippen LogP contribution in [0.15, 0.2) is 91.4 Å². The Hall–Kier alpha value is -3.53. The summed E-state index contributed by atoms with van der Waals surface area (Å²) >= 11 is 0. The van der Waals surface area contributed by atoms with Crippen LogP contribution in [0.1, 0.15) is 11.1 Å². The Morgan fingerprint density at radius 2 is 1.26 bits per heavy atom. The van der Waals surface area contributed by atoms with Crippen molar-refractivity contribution in [1.29, 1.82) is 0 Å². The van der Waals surface area contributed by atoms with Gasteiger partial charge in [-0.25, -0.2) is 4.98 Å². The minimum absolute atomic E-state index is 0.505. The van der Waals surface area contributed by atoms with Gasteiger partial charge in [0.2, 0.25) is 0 Å². The molecule has 0 amide bonds. The normalized spacial score (nSPS) is 10.5. The number of nitrogens with one attached hydrogen (secondary N) is 1. The second-order valence-corrected chi connectivity index (χ2v) is 6.21. The monoisotopic (exact) mass is 356 g/mol. The van der Waals surface area contributed by atoms with Gasteiger partial charge in [-0.1, -0.05) is 60.7 Å². The minimum Gasteiger partial charge on any atom is -0.489 e. The quantitative estimate of drug-likeness (QED) is 0.493. The van der Waals surface area contributed by atoms with Gasteiger partial charge in [0, 0.05) is 11.6 Å². The van der Waals surface area contributed by atoms with Crippen LogP contribution in [-0.4, -0.2) is 9.97 Å². The second kappa shape index (κ2) is 8.23. The third kappa shape index (κ3) is 4.55. The van der Waals surface area contributed by atoms with Crippen LogP contribution in [-0.2, 0) is 13.2 Å². The number of imidazole rings is 1. The fourth-order valence-corrected chi connectivity index (χ4v) is 2.79. The molecule has 4 heteroatoms. The van der Waals surface area contributed by atoms with Crippen molar-refractivity contribution in [2.24, 2.45) is 0 Å². The Kier molecular flexibility index (Phi) is 5.16. The molecule has 0 aliphatic rings. The first-order valence-electron chi connectivity index (χ1n) is 8.84. The SMILES string of the molecule is c1ccc(COc2cc(OCc3ccccc3)cc(-c3cnc[nH]3)c2)cc1. The van der Waals surface area contributed by atoms with Gasteiger partial charge in [-0.2, -0.15) is 0 Å². The van der Waals surface area contributed by atoms with Gasteiger partial charge in [-0.3, -0.25) is 0 Å². The molecule has 0 bridgehead atoms. The third-order valence-corrected chi connectivity index (χ3v) is 4.19. The van der Waals surface area contributed by atoms with E-state index in [1.807, 2.05) is 78.9 Å². The first-order chi connectivity index (χ1) is 13.4. The zero-order valence-electron chi connectivity index (χ0n) is 14.8. The van der Waals surface area contributed by atoms with Crippen molar-refractivity contribution < 1.29 is 9.47 Å². The number of nitrogens with zero attached hydrogens (tertiary/aromatic N) is 1. The molecule has 1 aromatic heterocycles. The number of H-pyrrole nitrogens is 1. The second-order valence-electron chi connectivity index (χ2n) is 6.21. The summed E-state index contributed by atoms with van der Waals surface area (Å²) in [6.07, 6.45) is 3.45. The lowest BCUT2D eigenvalue weighted by molar-refractivity contribution is 0.290. The lowest BCUT2D eigenvalue weighted by Gasteiger charge is -2.12. The van der Waals surface area contributed by atoms with Crippen LogP contribution in [0.5, 0.6) is 11.5 Å². The fraction of sp³-hybridized carbons (Fsp3) is 0.0870. The van der Waals surface area contributed by atoms with Crippen LogP contribution in [0.2, 0.25) is 0 Å². The van der Waals surface area contributed by atoms with Crippen molar-refractivity contribution in [1.82, 2.24) is 9.97 Å². The van der Waals surface area contributed by atoms with Crippen LogP contribution in [0, 0.1) is 0 Å². The zero-order valence-corrected chi connectivity index (χ0v) is 14.8. The summed E-state index contributed by atoms with van der Waals surface area (Å²) in [5.41, 5.74) is 4.14. The van der Waals surface area contributed by atoms with E-state index in [2.05, 4.69) is 9.97 Å². The van der Waals surface area contributed by atoms with Crippen molar-refractivity contribution in [3.8, 4) is 22.8 Å². The van der Waals surface area contributed by atoms with Crippen LogP contribution in [0.25, 0.3) is 11.3 Å². The van der Waals surface area contributed by atoms with E-state index in [4.69, 9.17) is 9.47 Å². The lowest BCUT2D eigenvalue weighted by atomic mass is 10.1. The van der Waals surface area contributed by atoms with Crippen molar-refractivity contribution >= 4 is 0 Å². The van der Waals surface area contributed by atoms with E-state index >= 15 is 0 Å². The highest BCUT2D eigenvalue weighted by atomic mass is 16.5. The molecule has 0 unspecified atom stereocenters. The van der Waals surface area contributed by atoms with E-state index in [0.29, 0.717) is 13.2 Å². The van der Waals surface area contributed by atoms with E-state index in [1.165, 1.54) is 0 Å². The molecule has 0 fully saturated rings. The Balaban J connectivity index is 1.55. The summed E-state index contributed by atoms with van der Waals surface area (Å²) in [6, 6.07) is 26.1. The average molecular weight is 356 g/mol. The van der Waals surface area contributed by atoms with Crippen LogP contribution < -0.4 is 9.47 Å². The molecule has 4 rings (SSSR count). The summed E-state index contributed by atoms with van der Waals surface area (Å²) in [7, 11) is 0. The van der Waals surface area contributed by atoms with Gasteiger partial charge in [0.05, 0.1) is 18.2 Å². The maximum absolute atomic E-state index is 6.01. The number of hydrogen-bond acceptors (Lipinski definition) is 3. The summed E-state index contributed by atoms with van der Waals surface area (Å²) in [6.45, 7) is 1.01. The molecule has 4 aromatic rings. The van der Waals surface area contributed by atoms with E-state index < -0.39 is 0 Å². The lowest BCUT2D eigenvalue weighted by Crippen LogP contribution is -1.98. The van der Waals surface area contributed by atoms with Crippen LogP contribution >= 0.6 is 0 Å². The molecule has 134 valence electrons. The minimum atomic E-state index is 0.505. The molecule has 0 aliphatic heterocycles. The Labute approximate surface area is 158 Å². The van der Waals surface area contributed by atoms with Gasteiger partial charge in [0.25, 0.3) is 0 Å². The molecule has 27 heavy (non-hydrogen) atoms. The molecule has 0 spiro atoms. The van der Waals surface area contributed by atoms with E-state index in [1.54, 1.807) is 12.5 Å². The van der Waals surface area contributed by atoms with Crippen LogP contribution in [0.4, 0.5) is 0 Å². The summed E-state index contributed by atoms with van der Waals surface area (Å²) in [4.78, 5) is 7.24. The van der Waals surface area contributed by atoms with Gasteiger partial charge in [0.15, 0.2) is 0 Å². The molecule has 0 atom stereocenters. The first-order valence-corrected chi connectivity index (χ1v) is 8.84. The van der Waals surface area contributed by atoms with Crippen LogP contribution in [0.3, 0.4) is 0 Å². The fourth-order valence-electron chi connectivity index (χ4n) is 2.79. The van der Waals surface area contributed by atoms with E-state index in [0.717, 1.165) is 33.9 Å². The number of rotatable bonds is 7. The number of aromatic nitrogens is 2. The molecule has 1 heterocycles. The number of hydrogen-bond donors (Lipinski definition) is 1. The van der Waals surface area contributed by atoms with Gasteiger partial charge in [-0.05, 0) is 23.3 Å². The van der Waals surface area contributed by atoms with Crippen molar-refractivity contribution in [3.63, 3.8) is 0 Å². The Bertz CT molecular complexity index is 906. The van der Waals surface area contributed by atoms with Gasteiger partial charge in [-0.15, -0.1) is 0 Å². The van der Waals surface area contributed by atoms with Crippen molar-refractivity contribution in [2.75, 3.05) is 0 Å². The number of aromatic amines is 1. The molecule has 0 saturated carbocycles. The Morgan fingerprint density at radius 1 is 0.704 bits per heavy atom. The third-order valence-electron chi connectivity index (χ3n) is 4.19. The predicted octanol–water partition coefficient (Wildman–Crippen LogP) is 5.23. The molecular weight excluding hydrogens is 336 g/mol.